The molecule has 3 aromatic carbocycles. The third-order valence-corrected chi connectivity index (χ3v) is 6.39. The first-order valence-electron chi connectivity index (χ1n) is 11.2. The van der Waals surface area contributed by atoms with Gasteiger partial charge in [0.25, 0.3) is 11.5 Å². The molecule has 1 N–H and O–H groups in total. The van der Waals surface area contributed by atoms with Gasteiger partial charge < -0.3 is 10.1 Å². The van der Waals surface area contributed by atoms with E-state index < -0.39 is 0 Å². The summed E-state index contributed by atoms with van der Waals surface area (Å²) < 4.78 is 21.1. The third-order valence-electron chi connectivity index (χ3n) is 5.40. The molecule has 0 unspecified atom stereocenters. The van der Waals surface area contributed by atoms with Crippen molar-refractivity contribution in [1.82, 2.24) is 14.9 Å². The Morgan fingerprint density at radius 2 is 1.91 bits per heavy atom. The fraction of sp³-hybridized carbons (Fsp3) is 0.222. The Balaban J connectivity index is 1.82. The molecule has 35 heavy (non-hydrogen) atoms. The number of hydrogen-bond donors (Lipinski definition) is 1. The van der Waals surface area contributed by atoms with Crippen LogP contribution in [0.15, 0.2) is 76.7 Å². The summed E-state index contributed by atoms with van der Waals surface area (Å²) in [5, 5.41) is 3.65. The number of aromatic nitrogens is 2. The molecule has 180 valence electrons. The van der Waals surface area contributed by atoms with Crippen LogP contribution in [0.25, 0.3) is 16.6 Å². The lowest BCUT2D eigenvalue weighted by molar-refractivity contribution is 0.0949. The van der Waals surface area contributed by atoms with Crippen LogP contribution in [0.3, 0.4) is 0 Å². The molecule has 1 aromatic heterocycles. The highest BCUT2D eigenvalue weighted by molar-refractivity contribution is 7.98. The summed E-state index contributed by atoms with van der Waals surface area (Å²) in [6.07, 6.45) is 0. The number of methoxy groups -OCH3 is 1. The summed E-state index contributed by atoms with van der Waals surface area (Å²) in [7, 11) is 1.56. The zero-order valence-corrected chi connectivity index (χ0v) is 20.6. The van der Waals surface area contributed by atoms with Crippen molar-refractivity contribution < 1.29 is 13.9 Å². The summed E-state index contributed by atoms with van der Waals surface area (Å²) in [5.41, 5.74) is 1.63. The molecule has 8 heteroatoms. The number of fused-ring (bicyclic) bond motifs is 1. The predicted molar refractivity (Wildman–Crippen MR) is 137 cm³/mol. The van der Waals surface area contributed by atoms with E-state index in [-0.39, 0.29) is 23.0 Å². The molecule has 0 fully saturated rings. The van der Waals surface area contributed by atoms with Crippen LogP contribution in [0.2, 0.25) is 0 Å². The van der Waals surface area contributed by atoms with Crippen LogP contribution in [-0.2, 0) is 5.75 Å². The normalized spacial score (nSPS) is 11.1. The molecular weight excluding hydrogens is 465 g/mol. The van der Waals surface area contributed by atoms with Gasteiger partial charge in [-0.25, -0.2) is 9.37 Å². The van der Waals surface area contributed by atoms with Crippen LogP contribution in [-0.4, -0.2) is 29.1 Å². The van der Waals surface area contributed by atoms with Gasteiger partial charge in [0.2, 0.25) is 0 Å². The van der Waals surface area contributed by atoms with Gasteiger partial charge in [-0.15, -0.1) is 0 Å². The minimum Gasteiger partial charge on any atom is -0.497 e. The molecule has 0 aliphatic heterocycles. The van der Waals surface area contributed by atoms with Gasteiger partial charge in [0.15, 0.2) is 5.16 Å². The van der Waals surface area contributed by atoms with E-state index in [1.807, 2.05) is 13.8 Å². The van der Waals surface area contributed by atoms with Crippen LogP contribution >= 0.6 is 11.8 Å². The molecule has 0 atom stereocenters. The van der Waals surface area contributed by atoms with Crippen LogP contribution in [0.1, 0.15) is 29.8 Å². The summed E-state index contributed by atoms with van der Waals surface area (Å²) in [6, 6.07) is 18.5. The van der Waals surface area contributed by atoms with Crippen LogP contribution in [0.5, 0.6) is 5.75 Å². The van der Waals surface area contributed by atoms with Gasteiger partial charge in [0.05, 0.1) is 23.7 Å². The van der Waals surface area contributed by atoms with Crippen molar-refractivity contribution >= 4 is 28.6 Å². The largest absolute Gasteiger partial charge is 0.497 e. The molecule has 6 nitrogen and oxygen atoms in total. The van der Waals surface area contributed by atoms with Gasteiger partial charge in [0, 0.05) is 23.9 Å². The number of thioether (sulfide) groups is 1. The van der Waals surface area contributed by atoms with Crippen LogP contribution < -0.4 is 15.6 Å². The monoisotopic (exact) mass is 491 g/mol. The Kier molecular flexibility index (Phi) is 7.51. The lowest BCUT2D eigenvalue weighted by Gasteiger charge is -2.15. The van der Waals surface area contributed by atoms with E-state index in [0.717, 1.165) is 0 Å². The predicted octanol–water partition coefficient (Wildman–Crippen LogP) is 5.21. The zero-order chi connectivity index (χ0) is 24.9. The highest BCUT2D eigenvalue weighted by Crippen LogP contribution is 2.27. The highest BCUT2D eigenvalue weighted by atomic mass is 32.2. The van der Waals surface area contributed by atoms with E-state index in [0.29, 0.717) is 51.1 Å². The maximum Gasteiger partial charge on any atom is 0.266 e. The third kappa shape index (κ3) is 5.54. The second-order valence-electron chi connectivity index (χ2n) is 8.45. The van der Waals surface area contributed by atoms with Crippen LogP contribution in [0.4, 0.5) is 4.39 Å². The second kappa shape index (κ2) is 10.7. The molecule has 0 saturated heterocycles. The number of carbonyl (C=O) groups excluding carboxylic acids is 1. The van der Waals surface area contributed by atoms with Crippen molar-refractivity contribution in [2.24, 2.45) is 5.92 Å². The number of amides is 1. The zero-order valence-electron chi connectivity index (χ0n) is 19.7. The Hall–Kier alpha value is -3.65. The first-order valence-corrected chi connectivity index (χ1v) is 12.2. The van der Waals surface area contributed by atoms with E-state index in [2.05, 4.69) is 5.32 Å². The quantitative estimate of drug-likeness (QED) is 0.271. The van der Waals surface area contributed by atoms with Crippen LogP contribution in [0, 0.1) is 11.7 Å². The van der Waals surface area contributed by atoms with Gasteiger partial charge in [-0.05, 0) is 47.9 Å². The molecule has 0 radical (unpaired) electrons. The maximum atomic E-state index is 14.3. The maximum absolute atomic E-state index is 14.3. The molecule has 1 amide bonds. The van der Waals surface area contributed by atoms with Gasteiger partial charge in [0.1, 0.15) is 11.6 Å². The molecular formula is C27H26FN3O3S. The smallest absolute Gasteiger partial charge is 0.266 e. The average Bonchev–Trinajstić information content (AvgIpc) is 2.86. The van der Waals surface area contributed by atoms with E-state index in [9.17, 15) is 14.0 Å². The molecule has 4 aromatic rings. The van der Waals surface area contributed by atoms with Crippen molar-refractivity contribution in [3.05, 3.63) is 94.0 Å². The van der Waals surface area contributed by atoms with Crippen molar-refractivity contribution in [1.29, 1.82) is 0 Å². The minimum absolute atomic E-state index is 0.222. The number of nitrogens with zero attached hydrogens (tertiary/aromatic N) is 2. The number of carbonyl (C=O) groups is 1. The summed E-state index contributed by atoms with van der Waals surface area (Å²) >= 11 is 1.25. The summed E-state index contributed by atoms with van der Waals surface area (Å²) in [5.74, 6) is 0.647. The van der Waals surface area contributed by atoms with Crippen molar-refractivity contribution in [2.75, 3.05) is 13.7 Å². The lowest BCUT2D eigenvalue weighted by atomic mass is 10.1. The molecule has 0 saturated carbocycles. The fourth-order valence-electron chi connectivity index (χ4n) is 3.54. The molecule has 0 bridgehead atoms. The molecule has 0 spiro atoms. The molecule has 4 rings (SSSR count). The van der Waals surface area contributed by atoms with E-state index >= 15 is 0 Å². The van der Waals surface area contributed by atoms with Crippen molar-refractivity contribution in [3.63, 3.8) is 0 Å². The summed E-state index contributed by atoms with van der Waals surface area (Å²) in [4.78, 5) is 30.9. The number of benzene rings is 3. The fourth-order valence-corrected chi connectivity index (χ4v) is 4.54. The number of ether oxygens (including phenoxy) is 1. The Bertz CT molecular complexity index is 1440. The van der Waals surface area contributed by atoms with Gasteiger partial charge in [-0.2, -0.15) is 0 Å². The van der Waals surface area contributed by atoms with E-state index in [1.165, 1.54) is 22.4 Å². The van der Waals surface area contributed by atoms with Crippen molar-refractivity contribution in [3.8, 4) is 11.4 Å². The number of rotatable bonds is 8. The molecule has 1 heterocycles. The first kappa shape index (κ1) is 24.5. The Labute approximate surface area is 207 Å². The minimum atomic E-state index is -0.319. The van der Waals surface area contributed by atoms with E-state index in [4.69, 9.17) is 9.72 Å². The first-order chi connectivity index (χ1) is 16.9. The summed E-state index contributed by atoms with van der Waals surface area (Å²) in [6.45, 7) is 4.58. The number of halogens is 1. The van der Waals surface area contributed by atoms with E-state index in [1.54, 1.807) is 67.8 Å². The number of hydrogen-bond acceptors (Lipinski definition) is 5. The second-order valence-corrected chi connectivity index (χ2v) is 9.39. The molecule has 0 aliphatic carbocycles. The van der Waals surface area contributed by atoms with Crippen molar-refractivity contribution in [2.45, 2.75) is 24.8 Å². The highest BCUT2D eigenvalue weighted by Gasteiger charge is 2.17. The van der Waals surface area contributed by atoms with Gasteiger partial charge in [-0.3, -0.25) is 14.2 Å². The topological polar surface area (TPSA) is 73.2 Å². The average molecular weight is 492 g/mol. The lowest BCUT2D eigenvalue weighted by Crippen LogP contribution is -2.27. The standard InChI is InChI=1S/C27H26FN3O3S/c1-17(2)15-29-25(32)18-11-12-22-24(13-18)30-27(35-16-19-7-4-5-10-23(19)28)31(26(22)33)20-8-6-9-21(14-20)34-3/h4-14,17H,15-16H2,1-3H3,(H,29,32). The van der Waals surface area contributed by atoms with Gasteiger partial charge in [-0.1, -0.05) is 49.9 Å². The Morgan fingerprint density at radius 1 is 1.11 bits per heavy atom. The van der Waals surface area contributed by atoms with Gasteiger partial charge >= 0.3 is 0 Å². The Morgan fingerprint density at radius 3 is 2.66 bits per heavy atom. The molecule has 0 aliphatic rings. The number of nitrogens with one attached hydrogen (secondary N) is 1. The SMILES string of the molecule is COc1cccc(-n2c(SCc3ccccc3F)nc3cc(C(=O)NCC(C)C)ccc3c2=O)c1.